The van der Waals surface area contributed by atoms with Crippen LogP contribution < -0.4 is 34.9 Å². The maximum absolute atomic E-state index is 12.7. The summed E-state index contributed by atoms with van der Waals surface area (Å²) in [7, 11) is 6.05. The van der Waals surface area contributed by atoms with Gasteiger partial charge in [-0.1, -0.05) is 61.5 Å². The van der Waals surface area contributed by atoms with Gasteiger partial charge >= 0.3 is 12.1 Å². The number of alkyl halides is 3. The molecule has 0 saturated carbocycles. The molecule has 0 spiro atoms. The summed E-state index contributed by atoms with van der Waals surface area (Å²) < 4.78 is 63.4. The fraction of sp³-hybridized carbons (Fsp3) is 0.255. The minimum absolute atomic E-state index is 0.192. The van der Waals surface area contributed by atoms with Crippen LogP contribution in [0.2, 0.25) is 0 Å². The molecule has 6 rings (SSSR count). The predicted octanol–water partition coefficient (Wildman–Crippen LogP) is 9.24. The maximum atomic E-state index is 12.7. The number of halogens is 3. The molecule has 1 heterocycles. The van der Waals surface area contributed by atoms with E-state index in [9.17, 15) is 27.6 Å². The van der Waals surface area contributed by atoms with Gasteiger partial charge in [-0.05, 0) is 97.8 Å². The smallest absolute Gasteiger partial charge is 0.471 e. The number of hydrogen-bond acceptors (Lipinski definition) is 10. The van der Waals surface area contributed by atoms with E-state index >= 15 is 0 Å². The van der Waals surface area contributed by atoms with E-state index in [2.05, 4.69) is 20.8 Å². The summed E-state index contributed by atoms with van der Waals surface area (Å²) in [5.74, 6) is 0.473. The molecule has 6 aromatic rings. The highest BCUT2D eigenvalue weighted by Crippen LogP contribution is 2.33. The molecule has 1 aromatic heterocycles. The Morgan fingerprint density at radius 3 is 1.51 bits per heavy atom. The van der Waals surface area contributed by atoms with E-state index in [0.29, 0.717) is 62.8 Å². The van der Waals surface area contributed by atoms with Crippen LogP contribution in [0.1, 0.15) is 65.4 Å². The summed E-state index contributed by atoms with van der Waals surface area (Å²) in [6, 6.07) is 33.7. The van der Waals surface area contributed by atoms with Gasteiger partial charge in [-0.15, -0.1) is 0 Å². The maximum Gasteiger partial charge on any atom is 0.471 e. The number of amides is 3. The molecule has 63 heavy (non-hydrogen) atoms. The summed E-state index contributed by atoms with van der Waals surface area (Å²) in [6.45, 7) is 7.29. The van der Waals surface area contributed by atoms with Crippen LogP contribution in [0.4, 0.5) is 24.5 Å². The van der Waals surface area contributed by atoms with E-state index in [4.69, 9.17) is 23.5 Å². The lowest BCUT2D eigenvalue weighted by molar-refractivity contribution is -0.173. The fourth-order valence-electron chi connectivity index (χ4n) is 6.14. The van der Waals surface area contributed by atoms with Crippen LogP contribution in [-0.4, -0.2) is 69.0 Å². The van der Waals surface area contributed by atoms with Gasteiger partial charge in [0.05, 0.1) is 33.9 Å². The molecule has 3 amide bonds. The normalized spacial score (nSPS) is 11.3. The average Bonchev–Trinajstić information content (AvgIpc) is 3.80. The summed E-state index contributed by atoms with van der Waals surface area (Å²) in [4.78, 5) is 40.8. The second kappa shape index (κ2) is 20.0. The number of rotatable bonds is 14. The quantitative estimate of drug-likeness (QED) is 0.0962. The summed E-state index contributed by atoms with van der Waals surface area (Å²) in [5.41, 5.74) is 3.36. The Labute approximate surface area is 362 Å². The van der Waals surface area contributed by atoms with Gasteiger partial charge in [-0.25, -0.2) is 0 Å². The van der Waals surface area contributed by atoms with Crippen LogP contribution in [0.25, 0.3) is 11.5 Å². The summed E-state index contributed by atoms with van der Waals surface area (Å²) in [5, 5.41) is 11.7. The van der Waals surface area contributed by atoms with Gasteiger partial charge in [0.2, 0.25) is 0 Å². The highest BCUT2D eigenvalue weighted by Gasteiger charge is 2.39. The Morgan fingerprint density at radius 1 is 0.603 bits per heavy atom. The van der Waals surface area contributed by atoms with Crippen molar-refractivity contribution in [3.05, 3.63) is 143 Å². The van der Waals surface area contributed by atoms with Gasteiger partial charge in [0, 0.05) is 40.0 Å². The van der Waals surface area contributed by atoms with E-state index in [-0.39, 0.29) is 18.4 Å². The number of hydrogen-bond donors (Lipinski definition) is 3. The van der Waals surface area contributed by atoms with Crippen molar-refractivity contribution in [2.24, 2.45) is 0 Å². The van der Waals surface area contributed by atoms with E-state index in [1.165, 1.54) is 21.3 Å². The third kappa shape index (κ3) is 11.7. The number of carbonyl (C=O) groups is 3. The minimum atomic E-state index is -4.92. The zero-order valence-electron chi connectivity index (χ0n) is 36.0. The van der Waals surface area contributed by atoms with E-state index in [1.807, 2.05) is 73.8 Å². The van der Waals surface area contributed by atoms with Crippen LogP contribution in [0.3, 0.4) is 0 Å². The largest absolute Gasteiger partial charge is 0.493 e. The van der Waals surface area contributed by atoms with E-state index in [0.717, 1.165) is 11.1 Å². The molecule has 5 aromatic carbocycles. The van der Waals surface area contributed by atoms with Gasteiger partial charge in [0.15, 0.2) is 28.8 Å². The van der Waals surface area contributed by atoms with E-state index in [1.54, 1.807) is 81.6 Å². The molecule has 0 aliphatic carbocycles. The Kier molecular flexibility index (Phi) is 14.8. The molecule has 0 radical (unpaired) electrons. The van der Waals surface area contributed by atoms with Crippen molar-refractivity contribution in [2.75, 3.05) is 45.6 Å². The van der Waals surface area contributed by atoms with E-state index < -0.39 is 22.9 Å². The first-order valence-electron chi connectivity index (χ1n) is 19.4. The second-order valence-electron chi connectivity index (χ2n) is 15.2. The topological polar surface area (TPSA) is 163 Å². The molecular formula is C47H48F3N5O8. The monoisotopic (exact) mass is 867 g/mol. The minimum Gasteiger partial charge on any atom is -0.493 e. The number of nitrogens with one attached hydrogen (secondary N) is 3. The molecular weight excluding hydrogens is 820 g/mol. The molecule has 0 unspecified atom stereocenters. The molecule has 0 aliphatic rings. The number of nitrogens with zero attached hydrogens (tertiary/aromatic N) is 2. The van der Waals surface area contributed by atoms with Gasteiger partial charge in [0.1, 0.15) is 0 Å². The van der Waals surface area contributed by atoms with Crippen molar-refractivity contribution in [2.45, 2.75) is 44.7 Å². The average molecular weight is 868 g/mol. The molecule has 330 valence electrons. The molecule has 0 atom stereocenters. The Morgan fingerprint density at radius 2 is 1.06 bits per heavy atom. The predicted molar refractivity (Wildman–Crippen MR) is 232 cm³/mol. The molecule has 13 nitrogen and oxygen atoms in total. The van der Waals surface area contributed by atoms with Crippen LogP contribution in [0.15, 0.2) is 120 Å². The fourth-order valence-corrected chi connectivity index (χ4v) is 6.14. The SMILES string of the molecule is COc1ccc(C(=O)Nc2ccc(C(C)(C)CNC(=O)C(F)(F)F)cc2)cc1OC.COc1ccc(C(=O)Nc2ccc(C(C)(C)c3noc(-c4ccccc4)n3)cc2)cc1OC. The van der Waals surface area contributed by atoms with Crippen LogP contribution in [0.5, 0.6) is 23.0 Å². The first kappa shape index (κ1) is 46.7. The highest BCUT2D eigenvalue weighted by molar-refractivity contribution is 6.05. The van der Waals surface area contributed by atoms with Gasteiger partial charge < -0.3 is 39.4 Å². The van der Waals surface area contributed by atoms with Crippen molar-refractivity contribution >= 4 is 29.1 Å². The lowest BCUT2D eigenvalue weighted by Crippen LogP contribution is -2.43. The zero-order valence-corrected chi connectivity index (χ0v) is 36.0. The van der Waals surface area contributed by atoms with Crippen LogP contribution in [0, 0.1) is 0 Å². The number of aromatic nitrogens is 2. The third-order valence-electron chi connectivity index (χ3n) is 10.0. The number of methoxy groups -OCH3 is 4. The molecule has 0 aliphatic heterocycles. The number of anilines is 2. The zero-order chi connectivity index (χ0) is 46.0. The van der Waals surface area contributed by atoms with Crippen molar-refractivity contribution in [3.63, 3.8) is 0 Å². The summed E-state index contributed by atoms with van der Waals surface area (Å²) in [6.07, 6.45) is -4.92. The van der Waals surface area contributed by atoms with Crippen LogP contribution in [-0.2, 0) is 15.6 Å². The van der Waals surface area contributed by atoms with Gasteiger partial charge in [-0.2, -0.15) is 18.2 Å². The first-order chi connectivity index (χ1) is 29.9. The number of carbonyl (C=O) groups excluding carboxylic acids is 3. The molecule has 0 saturated heterocycles. The second-order valence-corrected chi connectivity index (χ2v) is 15.2. The van der Waals surface area contributed by atoms with Crippen molar-refractivity contribution in [1.82, 2.24) is 15.5 Å². The van der Waals surface area contributed by atoms with Gasteiger partial charge in [-0.3, -0.25) is 14.4 Å². The lowest BCUT2D eigenvalue weighted by Gasteiger charge is -2.26. The molecule has 0 fully saturated rings. The summed E-state index contributed by atoms with van der Waals surface area (Å²) >= 11 is 0. The first-order valence-corrected chi connectivity index (χ1v) is 19.4. The standard InChI is InChI=1S/C26H25N3O4.C21H23F3N2O4/c1-26(2,25-28-24(33-29-25)17-8-6-5-7-9-17)19-11-13-20(14-12-19)27-23(30)18-10-15-21(31-3)22(16-18)32-4;1-20(2,12-25-19(28)21(22,23)24)14-6-8-15(9-7-14)26-18(27)13-5-10-16(29-3)17(11-13)30-4/h5-16H,1-4H3,(H,27,30);5-11H,12H2,1-4H3,(H,25,28)(H,26,27). The number of ether oxygens (including phenoxy) is 4. The Hall–Kier alpha value is -7.36. The van der Waals surface area contributed by atoms with Gasteiger partial charge in [0.25, 0.3) is 17.7 Å². The third-order valence-corrected chi connectivity index (χ3v) is 10.0. The van der Waals surface area contributed by atoms with Crippen molar-refractivity contribution < 1.29 is 51.0 Å². The Balaban J connectivity index is 0.000000239. The highest BCUT2D eigenvalue weighted by atomic mass is 19.4. The van der Waals surface area contributed by atoms with Crippen molar-refractivity contribution in [3.8, 4) is 34.5 Å². The molecule has 3 N–H and O–H groups in total. The Bertz CT molecular complexity index is 2510. The lowest BCUT2D eigenvalue weighted by atomic mass is 9.84. The molecule has 16 heteroatoms. The molecule has 0 bridgehead atoms. The van der Waals surface area contributed by atoms with Crippen molar-refractivity contribution in [1.29, 1.82) is 0 Å². The van der Waals surface area contributed by atoms with Crippen LogP contribution >= 0.6 is 0 Å². The number of benzene rings is 5.